The van der Waals surface area contributed by atoms with E-state index < -0.39 is 0 Å². The Morgan fingerprint density at radius 3 is 2.27 bits per heavy atom. The van der Waals surface area contributed by atoms with Gasteiger partial charge in [-0.25, -0.2) is 0 Å². The van der Waals surface area contributed by atoms with Crippen LogP contribution in [0.4, 0.5) is 0 Å². The molecule has 2 heteroatoms. The third-order valence-corrected chi connectivity index (χ3v) is 4.90. The van der Waals surface area contributed by atoms with Crippen LogP contribution >= 0.6 is 0 Å². The molecule has 2 rings (SSSR count). The molecule has 15 heavy (non-hydrogen) atoms. The lowest BCUT2D eigenvalue weighted by molar-refractivity contribution is -0.0206. The van der Waals surface area contributed by atoms with Crippen LogP contribution < -0.4 is 0 Å². The minimum Gasteiger partial charge on any atom is -0.392 e. The Kier molecular flexibility index (Phi) is 3.09. The number of hydrogen-bond donors (Lipinski definition) is 1. The molecule has 0 amide bonds. The van der Waals surface area contributed by atoms with Crippen molar-refractivity contribution in [2.24, 2.45) is 23.7 Å². The standard InChI is InChI=1S/C13H25NO/c1-8(2)14-6-11(15)5-12-9(3)10(4)13(12)7-14/h8-13,15H,5-7H2,1-4H3. The third-order valence-electron chi connectivity index (χ3n) is 4.90. The molecule has 1 saturated heterocycles. The summed E-state index contributed by atoms with van der Waals surface area (Å²) in [5, 5.41) is 9.99. The number of aliphatic hydroxyl groups is 1. The first kappa shape index (κ1) is 11.4. The van der Waals surface area contributed by atoms with Crippen molar-refractivity contribution in [2.75, 3.05) is 13.1 Å². The van der Waals surface area contributed by atoms with E-state index in [1.165, 1.54) is 6.54 Å². The molecule has 5 atom stereocenters. The predicted octanol–water partition coefficient (Wildman–Crippen LogP) is 1.98. The van der Waals surface area contributed by atoms with Crippen molar-refractivity contribution in [3.8, 4) is 0 Å². The van der Waals surface area contributed by atoms with Crippen LogP contribution in [-0.2, 0) is 0 Å². The van der Waals surface area contributed by atoms with E-state index in [4.69, 9.17) is 0 Å². The van der Waals surface area contributed by atoms with Crippen molar-refractivity contribution in [3.63, 3.8) is 0 Å². The fourth-order valence-corrected chi connectivity index (χ4v) is 3.53. The normalized spacial score (nSPS) is 47.2. The Balaban J connectivity index is 2.06. The van der Waals surface area contributed by atoms with Crippen LogP contribution in [0.2, 0.25) is 0 Å². The fraction of sp³-hybridized carbons (Fsp3) is 1.00. The lowest BCUT2D eigenvalue weighted by Crippen LogP contribution is -2.48. The van der Waals surface area contributed by atoms with Crippen LogP contribution in [0.3, 0.4) is 0 Å². The van der Waals surface area contributed by atoms with Gasteiger partial charge < -0.3 is 5.11 Å². The van der Waals surface area contributed by atoms with E-state index in [9.17, 15) is 5.11 Å². The summed E-state index contributed by atoms with van der Waals surface area (Å²) in [6.45, 7) is 11.3. The topological polar surface area (TPSA) is 23.5 Å². The first-order chi connectivity index (χ1) is 7.00. The quantitative estimate of drug-likeness (QED) is 0.717. The number of fused-ring (bicyclic) bond motifs is 1. The highest BCUT2D eigenvalue weighted by atomic mass is 16.3. The van der Waals surface area contributed by atoms with Gasteiger partial charge in [-0.1, -0.05) is 13.8 Å². The van der Waals surface area contributed by atoms with Gasteiger partial charge in [0.25, 0.3) is 0 Å². The molecule has 1 heterocycles. The van der Waals surface area contributed by atoms with E-state index in [1.807, 2.05) is 0 Å². The lowest BCUT2D eigenvalue weighted by atomic mass is 9.57. The minimum absolute atomic E-state index is 0.0997. The molecule has 0 aromatic heterocycles. The first-order valence-corrected chi connectivity index (χ1v) is 6.42. The van der Waals surface area contributed by atoms with Gasteiger partial charge in [-0.2, -0.15) is 0 Å². The number of β-amino-alcohol motifs (C(OH)–C–C–N with tert-alkyl or cyclic N) is 1. The highest BCUT2D eigenvalue weighted by Gasteiger charge is 2.47. The summed E-state index contributed by atoms with van der Waals surface area (Å²) in [5.74, 6) is 3.27. The van der Waals surface area contributed by atoms with Gasteiger partial charge in [0, 0.05) is 19.1 Å². The average Bonchev–Trinajstić information content (AvgIpc) is 2.35. The largest absolute Gasteiger partial charge is 0.392 e. The molecule has 1 aliphatic heterocycles. The van der Waals surface area contributed by atoms with Gasteiger partial charge >= 0.3 is 0 Å². The number of hydrogen-bond acceptors (Lipinski definition) is 2. The summed E-state index contributed by atoms with van der Waals surface area (Å²) < 4.78 is 0. The molecular formula is C13H25NO. The number of likely N-dealkylation sites (tertiary alicyclic amines) is 1. The van der Waals surface area contributed by atoms with E-state index in [-0.39, 0.29) is 6.10 Å². The van der Waals surface area contributed by atoms with Gasteiger partial charge in [0.1, 0.15) is 0 Å². The van der Waals surface area contributed by atoms with Crippen LogP contribution in [-0.4, -0.2) is 35.2 Å². The summed E-state index contributed by atoms with van der Waals surface area (Å²) in [4.78, 5) is 2.46. The van der Waals surface area contributed by atoms with Crippen molar-refractivity contribution in [1.82, 2.24) is 4.90 Å². The second kappa shape index (κ2) is 4.06. The summed E-state index contributed by atoms with van der Waals surface area (Å²) >= 11 is 0. The van der Waals surface area contributed by atoms with Gasteiger partial charge in [-0.05, 0) is 43.9 Å². The molecule has 0 radical (unpaired) electrons. The second-order valence-electron chi connectivity index (χ2n) is 5.98. The van der Waals surface area contributed by atoms with Crippen LogP contribution in [0.1, 0.15) is 34.1 Å². The van der Waals surface area contributed by atoms with E-state index in [0.29, 0.717) is 6.04 Å². The molecule has 5 unspecified atom stereocenters. The molecule has 0 spiro atoms. The lowest BCUT2D eigenvalue weighted by Gasteiger charge is -2.50. The molecule has 2 fully saturated rings. The molecule has 1 N–H and O–H groups in total. The Morgan fingerprint density at radius 2 is 1.67 bits per heavy atom. The fourth-order valence-electron chi connectivity index (χ4n) is 3.53. The van der Waals surface area contributed by atoms with Crippen molar-refractivity contribution in [1.29, 1.82) is 0 Å². The van der Waals surface area contributed by atoms with Crippen LogP contribution in [0.25, 0.3) is 0 Å². The van der Waals surface area contributed by atoms with Gasteiger partial charge in [0.2, 0.25) is 0 Å². The molecule has 2 aliphatic rings. The van der Waals surface area contributed by atoms with Crippen molar-refractivity contribution in [3.05, 3.63) is 0 Å². The monoisotopic (exact) mass is 211 g/mol. The Hall–Kier alpha value is -0.0800. The maximum atomic E-state index is 9.99. The molecular weight excluding hydrogens is 186 g/mol. The van der Waals surface area contributed by atoms with E-state index in [2.05, 4.69) is 32.6 Å². The number of aliphatic hydroxyl groups excluding tert-OH is 1. The second-order valence-corrected chi connectivity index (χ2v) is 5.98. The molecule has 2 nitrogen and oxygen atoms in total. The van der Waals surface area contributed by atoms with Crippen molar-refractivity contribution >= 4 is 0 Å². The Morgan fingerprint density at radius 1 is 1.07 bits per heavy atom. The number of nitrogens with zero attached hydrogens (tertiary/aromatic N) is 1. The van der Waals surface area contributed by atoms with Crippen molar-refractivity contribution in [2.45, 2.75) is 46.3 Å². The zero-order valence-electron chi connectivity index (χ0n) is 10.5. The minimum atomic E-state index is -0.0997. The number of rotatable bonds is 1. The van der Waals surface area contributed by atoms with Gasteiger partial charge in [0.05, 0.1) is 6.10 Å². The summed E-state index contributed by atoms with van der Waals surface area (Å²) in [6.07, 6.45) is 0.928. The maximum Gasteiger partial charge on any atom is 0.0670 e. The van der Waals surface area contributed by atoms with Gasteiger partial charge in [-0.15, -0.1) is 0 Å². The van der Waals surface area contributed by atoms with Crippen molar-refractivity contribution < 1.29 is 5.11 Å². The van der Waals surface area contributed by atoms with Crippen LogP contribution in [0.15, 0.2) is 0 Å². The average molecular weight is 211 g/mol. The highest BCUT2D eigenvalue weighted by molar-refractivity contribution is 4.97. The van der Waals surface area contributed by atoms with E-state index in [0.717, 1.165) is 36.6 Å². The predicted molar refractivity (Wildman–Crippen MR) is 62.6 cm³/mol. The maximum absolute atomic E-state index is 9.99. The molecule has 88 valence electrons. The van der Waals surface area contributed by atoms with Crippen LogP contribution in [0.5, 0.6) is 0 Å². The first-order valence-electron chi connectivity index (χ1n) is 6.42. The Bertz CT molecular complexity index is 227. The van der Waals surface area contributed by atoms with Crippen LogP contribution in [0, 0.1) is 23.7 Å². The zero-order chi connectivity index (χ0) is 11.2. The SMILES string of the molecule is CC1C(C)C2CN(C(C)C)CC(O)CC12. The molecule has 0 bridgehead atoms. The molecule has 0 aromatic carbocycles. The zero-order valence-corrected chi connectivity index (χ0v) is 10.5. The van der Waals surface area contributed by atoms with E-state index in [1.54, 1.807) is 0 Å². The molecule has 1 aliphatic carbocycles. The Labute approximate surface area is 93.7 Å². The molecule has 0 aromatic rings. The smallest absolute Gasteiger partial charge is 0.0670 e. The third kappa shape index (κ3) is 1.94. The summed E-state index contributed by atoms with van der Waals surface area (Å²) in [5.41, 5.74) is 0. The molecule has 1 saturated carbocycles. The van der Waals surface area contributed by atoms with Gasteiger partial charge in [0.15, 0.2) is 0 Å². The van der Waals surface area contributed by atoms with Gasteiger partial charge in [-0.3, -0.25) is 4.90 Å². The summed E-state index contributed by atoms with van der Waals surface area (Å²) in [6, 6.07) is 0.571. The van der Waals surface area contributed by atoms with E-state index >= 15 is 0 Å². The summed E-state index contributed by atoms with van der Waals surface area (Å²) in [7, 11) is 0. The highest BCUT2D eigenvalue weighted by Crippen LogP contribution is 2.49.